The van der Waals surface area contributed by atoms with Crippen LogP contribution in [0.4, 0.5) is 0 Å². The highest BCUT2D eigenvalue weighted by molar-refractivity contribution is 6.31. The number of rotatable bonds is 5. The summed E-state index contributed by atoms with van der Waals surface area (Å²) in [6.45, 7) is 4.16. The zero-order valence-electron chi connectivity index (χ0n) is 13.5. The molecule has 2 heterocycles. The summed E-state index contributed by atoms with van der Waals surface area (Å²) < 4.78 is 5.84. The third kappa shape index (κ3) is 3.40. The van der Waals surface area contributed by atoms with E-state index in [0.29, 0.717) is 5.02 Å². The number of nitrogens with one attached hydrogen (secondary N) is 1. The molecular weight excluding hydrogens is 322 g/mol. The molecule has 2 aromatic carbocycles. The summed E-state index contributed by atoms with van der Waals surface area (Å²) in [5, 5.41) is 0.708. The smallest absolute Gasteiger partial charge is 0.138 e. The fraction of sp³-hybridized carbons (Fsp3) is 0.316. The van der Waals surface area contributed by atoms with Gasteiger partial charge in [-0.15, -0.1) is 0 Å². The lowest BCUT2D eigenvalue weighted by atomic mass is 10.2. The van der Waals surface area contributed by atoms with Crippen molar-refractivity contribution in [2.45, 2.75) is 12.8 Å². The van der Waals surface area contributed by atoms with Crippen molar-refractivity contribution in [3.63, 3.8) is 0 Å². The number of imidazole rings is 1. The predicted molar refractivity (Wildman–Crippen MR) is 97.7 cm³/mol. The molecule has 1 aliphatic rings. The molecule has 1 aromatic heterocycles. The van der Waals surface area contributed by atoms with Gasteiger partial charge in [-0.3, -0.25) is 4.90 Å². The molecule has 5 heteroatoms. The molecule has 0 radical (unpaired) electrons. The van der Waals surface area contributed by atoms with E-state index in [0.717, 1.165) is 41.3 Å². The molecule has 0 saturated carbocycles. The number of benzene rings is 2. The molecule has 1 N–H and O–H groups in total. The van der Waals surface area contributed by atoms with E-state index in [4.69, 9.17) is 16.3 Å². The number of hydrogen-bond acceptors (Lipinski definition) is 3. The lowest BCUT2D eigenvalue weighted by molar-refractivity contribution is 0.238. The van der Waals surface area contributed by atoms with Gasteiger partial charge in [-0.1, -0.05) is 11.6 Å². The van der Waals surface area contributed by atoms with Gasteiger partial charge in [0.1, 0.15) is 18.2 Å². The van der Waals surface area contributed by atoms with E-state index in [1.807, 2.05) is 42.5 Å². The van der Waals surface area contributed by atoms with Gasteiger partial charge in [0.2, 0.25) is 0 Å². The van der Waals surface area contributed by atoms with Crippen LogP contribution in [0.3, 0.4) is 0 Å². The quantitative estimate of drug-likeness (QED) is 0.749. The van der Waals surface area contributed by atoms with E-state index >= 15 is 0 Å². The highest BCUT2D eigenvalue weighted by Crippen LogP contribution is 2.24. The van der Waals surface area contributed by atoms with Crippen molar-refractivity contribution >= 4 is 22.6 Å². The molecule has 0 amide bonds. The molecule has 4 nitrogen and oxygen atoms in total. The van der Waals surface area contributed by atoms with Crippen molar-refractivity contribution in [2.24, 2.45) is 0 Å². The van der Waals surface area contributed by atoms with Gasteiger partial charge in [0.05, 0.1) is 11.0 Å². The summed E-state index contributed by atoms with van der Waals surface area (Å²) in [5.74, 6) is 1.74. The van der Waals surface area contributed by atoms with Crippen molar-refractivity contribution in [2.75, 3.05) is 26.2 Å². The maximum Gasteiger partial charge on any atom is 0.138 e. The summed E-state index contributed by atoms with van der Waals surface area (Å²) in [5.41, 5.74) is 2.90. The monoisotopic (exact) mass is 341 g/mol. The Labute approximate surface area is 146 Å². The van der Waals surface area contributed by atoms with Gasteiger partial charge in [-0.25, -0.2) is 4.98 Å². The molecule has 1 fully saturated rings. The fourth-order valence-electron chi connectivity index (χ4n) is 3.13. The molecule has 4 rings (SSSR count). The van der Waals surface area contributed by atoms with E-state index in [1.54, 1.807) is 0 Å². The number of nitrogens with zero attached hydrogens (tertiary/aromatic N) is 2. The van der Waals surface area contributed by atoms with Crippen LogP contribution in [0.5, 0.6) is 5.75 Å². The second-order valence-electron chi connectivity index (χ2n) is 6.17. The number of aromatic amines is 1. The second kappa shape index (κ2) is 6.83. The van der Waals surface area contributed by atoms with Crippen molar-refractivity contribution in [1.29, 1.82) is 0 Å². The fourth-order valence-corrected chi connectivity index (χ4v) is 3.30. The first-order valence-corrected chi connectivity index (χ1v) is 8.77. The first-order valence-electron chi connectivity index (χ1n) is 8.39. The summed E-state index contributed by atoms with van der Waals surface area (Å²) in [6, 6.07) is 13.7. The molecule has 0 atom stereocenters. The number of halogens is 1. The van der Waals surface area contributed by atoms with Gasteiger partial charge in [0, 0.05) is 17.1 Å². The van der Waals surface area contributed by atoms with Crippen LogP contribution >= 0.6 is 11.6 Å². The molecule has 124 valence electrons. The van der Waals surface area contributed by atoms with E-state index in [2.05, 4.69) is 14.9 Å². The van der Waals surface area contributed by atoms with Gasteiger partial charge in [0.25, 0.3) is 0 Å². The first kappa shape index (κ1) is 15.5. The Kier molecular flexibility index (Phi) is 4.41. The Bertz CT molecular complexity index is 822. The van der Waals surface area contributed by atoms with Gasteiger partial charge in [0.15, 0.2) is 0 Å². The minimum absolute atomic E-state index is 0.708. The Hall–Kier alpha value is -2.04. The van der Waals surface area contributed by atoms with Crippen LogP contribution in [-0.2, 0) is 0 Å². The van der Waals surface area contributed by atoms with Crippen LogP contribution in [0.15, 0.2) is 42.5 Å². The molecule has 0 aliphatic carbocycles. The average molecular weight is 342 g/mol. The highest BCUT2D eigenvalue weighted by atomic mass is 35.5. The van der Waals surface area contributed by atoms with Crippen molar-refractivity contribution in [1.82, 2.24) is 14.9 Å². The van der Waals surface area contributed by atoms with E-state index < -0.39 is 0 Å². The highest BCUT2D eigenvalue weighted by Gasteiger charge is 2.11. The van der Waals surface area contributed by atoms with Crippen LogP contribution in [0.2, 0.25) is 5.02 Å². The van der Waals surface area contributed by atoms with Crippen molar-refractivity contribution in [3.05, 3.63) is 47.5 Å². The number of hydrogen-bond donors (Lipinski definition) is 1. The maximum absolute atomic E-state index is 6.02. The summed E-state index contributed by atoms with van der Waals surface area (Å²) in [7, 11) is 0. The summed E-state index contributed by atoms with van der Waals surface area (Å²) in [4.78, 5) is 10.4. The molecule has 24 heavy (non-hydrogen) atoms. The summed E-state index contributed by atoms with van der Waals surface area (Å²) in [6.07, 6.45) is 2.63. The normalized spacial score (nSPS) is 15.2. The molecule has 1 saturated heterocycles. The minimum Gasteiger partial charge on any atom is -0.492 e. The Morgan fingerprint density at radius 3 is 2.67 bits per heavy atom. The van der Waals surface area contributed by atoms with E-state index in [9.17, 15) is 0 Å². The van der Waals surface area contributed by atoms with Crippen LogP contribution in [0.1, 0.15) is 12.8 Å². The number of aromatic nitrogens is 2. The molecule has 0 bridgehead atoms. The molecule has 1 aliphatic heterocycles. The van der Waals surface area contributed by atoms with E-state index in [-0.39, 0.29) is 0 Å². The Morgan fingerprint density at radius 2 is 1.88 bits per heavy atom. The number of likely N-dealkylation sites (tertiary alicyclic amines) is 1. The maximum atomic E-state index is 6.02. The van der Waals surface area contributed by atoms with Crippen molar-refractivity contribution in [3.8, 4) is 17.1 Å². The topological polar surface area (TPSA) is 41.1 Å². The van der Waals surface area contributed by atoms with Crippen LogP contribution < -0.4 is 4.74 Å². The number of ether oxygens (including phenoxy) is 1. The second-order valence-corrected chi connectivity index (χ2v) is 6.60. The zero-order valence-corrected chi connectivity index (χ0v) is 14.2. The van der Waals surface area contributed by atoms with Gasteiger partial charge in [-0.05, 0) is 68.4 Å². The Morgan fingerprint density at radius 1 is 1.08 bits per heavy atom. The SMILES string of the molecule is Clc1ccc2nc(-c3ccc(OCCN4CCCC4)cc3)[nH]c2c1. The third-order valence-electron chi connectivity index (χ3n) is 4.45. The first-order chi connectivity index (χ1) is 11.8. The summed E-state index contributed by atoms with van der Waals surface area (Å²) >= 11 is 6.02. The molecular formula is C19H20ClN3O. The van der Waals surface area contributed by atoms with Crippen LogP contribution in [-0.4, -0.2) is 41.1 Å². The van der Waals surface area contributed by atoms with Gasteiger partial charge < -0.3 is 9.72 Å². The van der Waals surface area contributed by atoms with Crippen LogP contribution in [0.25, 0.3) is 22.4 Å². The molecule has 0 spiro atoms. The lowest BCUT2D eigenvalue weighted by Crippen LogP contribution is -2.25. The average Bonchev–Trinajstić information content (AvgIpc) is 3.24. The molecule has 3 aromatic rings. The Balaban J connectivity index is 1.42. The minimum atomic E-state index is 0.708. The predicted octanol–water partition coefficient (Wildman–Crippen LogP) is 4.36. The lowest BCUT2D eigenvalue weighted by Gasteiger charge is -2.14. The van der Waals surface area contributed by atoms with Gasteiger partial charge >= 0.3 is 0 Å². The molecule has 0 unspecified atom stereocenters. The van der Waals surface area contributed by atoms with Gasteiger partial charge in [-0.2, -0.15) is 0 Å². The van der Waals surface area contributed by atoms with E-state index in [1.165, 1.54) is 25.9 Å². The number of H-pyrrole nitrogens is 1. The standard InChI is InChI=1S/C19H20ClN3O/c20-15-5-8-17-18(13-15)22-19(21-17)14-3-6-16(7-4-14)24-12-11-23-9-1-2-10-23/h3-8,13H,1-2,9-12H2,(H,21,22). The van der Waals surface area contributed by atoms with Crippen LogP contribution in [0, 0.1) is 0 Å². The number of fused-ring (bicyclic) bond motifs is 1. The third-order valence-corrected chi connectivity index (χ3v) is 4.68. The zero-order chi connectivity index (χ0) is 16.4. The van der Waals surface area contributed by atoms with Crippen molar-refractivity contribution < 1.29 is 4.74 Å². The largest absolute Gasteiger partial charge is 0.492 e.